The summed E-state index contributed by atoms with van der Waals surface area (Å²) < 4.78 is 32.3. The molecule has 12 heteroatoms. The molecule has 2 N–H and O–H groups in total. The van der Waals surface area contributed by atoms with Crippen molar-refractivity contribution in [2.24, 2.45) is 22.9 Å². The standard InChI is InChI=1S/C47H58N2O9S/c1-3-24-55-47-43(59-26-19-32-17-20-48-21-18-32)30-40(49-58-44-12-6-9-25-54-44)38-28-33(10-4-7-22-50)37(11-5-8-23-51)45(46(38)47)39-29-36(14-16-42(39)57-47)56-35-13-15-41(53-2)34(27-35)31-52/h3,13-18,20-21,27-29,31,33,37,43-46,50-51H,1,4-12,19,22-26,30H2,2H3. The molecule has 316 valence electrons. The average Bonchev–Trinajstić information content (AvgIpc) is 3.27. The van der Waals surface area contributed by atoms with Gasteiger partial charge < -0.3 is 38.7 Å². The molecular formula is C47H58N2O9S. The SMILES string of the molecule is C=CCOC12Oc3ccc(Oc4ccc(OC)c(C=O)c4)cc3C3C(CCCCO)C(CCCCO)C=C(C(=NOC4CCCCO4)CC1SCCc1ccncc1)C32. The number of hydrogen-bond donors (Lipinski definition) is 2. The summed E-state index contributed by atoms with van der Waals surface area (Å²) in [5.41, 5.74) is 4.57. The Morgan fingerprint density at radius 2 is 1.81 bits per heavy atom. The van der Waals surface area contributed by atoms with Crippen LogP contribution in [0.15, 0.2) is 90.4 Å². The first-order chi connectivity index (χ1) is 29.0. The summed E-state index contributed by atoms with van der Waals surface area (Å²) in [6.07, 6.45) is 17.3. The number of pyridine rings is 1. The lowest BCUT2D eigenvalue weighted by Crippen LogP contribution is -2.64. The minimum atomic E-state index is -1.08. The summed E-state index contributed by atoms with van der Waals surface area (Å²) >= 11 is 1.83. The van der Waals surface area contributed by atoms with Gasteiger partial charge in [0.25, 0.3) is 0 Å². The van der Waals surface area contributed by atoms with Crippen LogP contribution < -0.4 is 14.2 Å². The van der Waals surface area contributed by atoms with Gasteiger partial charge in [0.05, 0.1) is 42.8 Å². The molecule has 2 aliphatic heterocycles. The monoisotopic (exact) mass is 826 g/mol. The molecule has 1 saturated heterocycles. The second kappa shape index (κ2) is 20.9. The second-order valence-corrected chi connectivity index (χ2v) is 17.1. The van der Waals surface area contributed by atoms with Gasteiger partial charge in [-0.2, -0.15) is 11.8 Å². The Morgan fingerprint density at radius 1 is 1.02 bits per heavy atom. The van der Waals surface area contributed by atoms with Crippen molar-refractivity contribution in [3.8, 4) is 23.0 Å². The lowest BCUT2D eigenvalue weighted by Gasteiger charge is -2.58. The van der Waals surface area contributed by atoms with E-state index in [1.54, 1.807) is 24.3 Å². The van der Waals surface area contributed by atoms with Crippen molar-refractivity contribution < 1.29 is 43.5 Å². The highest BCUT2D eigenvalue weighted by atomic mass is 32.2. The van der Waals surface area contributed by atoms with Gasteiger partial charge in [-0.15, -0.1) is 6.58 Å². The predicted molar refractivity (Wildman–Crippen MR) is 228 cm³/mol. The van der Waals surface area contributed by atoms with Crippen LogP contribution in [0.1, 0.15) is 91.6 Å². The zero-order valence-corrected chi connectivity index (χ0v) is 34.9. The van der Waals surface area contributed by atoms with Gasteiger partial charge in [0.2, 0.25) is 12.1 Å². The first-order valence-electron chi connectivity index (χ1n) is 21.2. The number of aryl methyl sites for hydroxylation is 1. The Kier molecular flexibility index (Phi) is 15.2. The molecule has 3 heterocycles. The van der Waals surface area contributed by atoms with Crippen molar-refractivity contribution in [1.82, 2.24) is 4.98 Å². The third kappa shape index (κ3) is 9.89. The van der Waals surface area contributed by atoms with Gasteiger partial charge in [-0.1, -0.05) is 30.1 Å². The van der Waals surface area contributed by atoms with Crippen LogP contribution in [-0.4, -0.2) is 83.8 Å². The number of carbonyl (C=O) groups excluding carboxylic acids is 1. The summed E-state index contributed by atoms with van der Waals surface area (Å²) in [6.45, 7) is 5.26. The Balaban J connectivity index is 1.36. The largest absolute Gasteiger partial charge is 0.496 e. The third-order valence-electron chi connectivity index (χ3n) is 12.1. The van der Waals surface area contributed by atoms with Crippen molar-refractivity contribution in [2.75, 3.05) is 39.3 Å². The summed E-state index contributed by atoms with van der Waals surface area (Å²) in [5.74, 6) is 2.00. The van der Waals surface area contributed by atoms with Crippen molar-refractivity contribution in [3.05, 3.63) is 102 Å². The van der Waals surface area contributed by atoms with Crippen LogP contribution in [-0.2, 0) is 20.7 Å². The van der Waals surface area contributed by atoms with E-state index in [-0.39, 0.29) is 42.1 Å². The minimum absolute atomic E-state index is 0.0916. The summed E-state index contributed by atoms with van der Waals surface area (Å²) in [5, 5.41) is 24.6. The summed E-state index contributed by atoms with van der Waals surface area (Å²) in [4.78, 5) is 22.4. The smallest absolute Gasteiger partial charge is 0.230 e. The first kappa shape index (κ1) is 42.9. The predicted octanol–water partition coefficient (Wildman–Crippen LogP) is 8.83. The van der Waals surface area contributed by atoms with Gasteiger partial charge in [-0.3, -0.25) is 9.78 Å². The number of ether oxygens (including phenoxy) is 5. The summed E-state index contributed by atoms with van der Waals surface area (Å²) in [7, 11) is 1.54. The van der Waals surface area contributed by atoms with E-state index in [0.29, 0.717) is 55.3 Å². The Hall–Kier alpha value is -4.20. The minimum Gasteiger partial charge on any atom is -0.496 e. The van der Waals surface area contributed by atoms with Crippen LogP contribution >= 0.6 is 11.8 Å². The molecule has 0 amide bonds. The van der Waals surface area contributed by atoms with Gasteiger partial charge in [-0.25, -0.2) is 0 Å². The first-order valence-corrected chi connectivity index (χ1v) is 22.2. The van der Waals surface area contributed by atoms with E-state index in [0.717, 1.165) is 86.0 Å². The number of hydrogen-bond acceptors (Lipinski definition) is 12. The third-order valence-corrected chi connectivity index (χ3v) is 13.4. The Labute approximate surface area is 352 Å². The van der Waals surface area contributed by atoms with E-state index in [4.69, 9.17) is 33.7 Å². The van der Waals surface area contributed by atoms with Gasteiger partial charge in [0.15, 0.2) is 6.29 Å². The van der Waals surface area contributed by atoms with Crippen molar-refractivity contribution >= 4 is 23.8 Å². The van der Waals surface area contributed by atoms with Gasteiger partial charge >= 0.3 is 0 Å². The summed E-state index contributed by atoms with van der Waals surface area (Å²) in [6, 6.07) is 15.3. The molecular weight excluding hydrogens is 769 g/mol. The number of aliphatic hydroxyl groups excluding tert-OH is 2. The molecule has 4 aliphatic rings. The molecule has 7 atom stereocenters. The molecule has 0 bridgehead atoms. The molecule has 7 unspecified atom stereocenters. The molecule has 3 aromatic rings. The number of aliphatic hydroxyl groups is 2. The molecule has 59 heavy (non-hydrogen) atoms. The highest BCUT2D eigenvalue weighted by Gasteiger charge is 2.64. The van der Waals surface area contributed by atoms with Gasteiger partial charge in [0, 0.05) is 49.9 Å². The maximum atomic E-state index is 11.9. The maximum absolute atomic E-state index is 11.9. The number of unbranched alkanes of at least 4 members (excludes halogenated alkanes) is 2. The normalized spacial score (nSPS) is 26.5. The number of oxime groups is 1. The zero-order valence-electron chi connectivity index (χ0n) is 34.0. The van der Waals surface area contributed by atoms with Crippen LogP contribution in [0.5, 0.6) is 23.0 Å². The average molecular weight is 827 g/mol. The fourth-order valence-corrected chi connectivity index (χ4v) is 10.7. The van der Waals surface area contributed by atoms with Gasteiger partial charge in [0.1, 0.15) is 23.0 Å². The number of benzene rings is 2. The molecule has 1 saturated carbocycles. The van der Waals surface area contributed by atoms with Crippen LogP contribution in [0.4, 0.5) is 0 Å². The van der Waals surface area contributed by atoms with Crippen LogP contribution in [0, 0.1) is 17.8 Å². The maximum Gasteiger partial charge on any atom is 0.230 e. The van der Waals surface area contributed by atoms with Crippen molar-refractivity contribution in [3.63, 3.8) is 0 Å². The van der Waals surface area contributed by atoms with Crippen LogP contribution in [0.3, 0.4) is 0 Å². The number of rotatable bonds is 21. The Bertz CT molecular complexity index is 1920. The molecule has 2 fully saturated rings. The number of methoxy groups -OCH3 is 1. The molecule has 7 rings (SSSR count). The zero-order chi connectivity index (χ0) is 41.0. The van der Waals surface area contributed by atoms with Gasteiger partial charge in [-0.05, 0) is 122 Å². The quantitative estimate of drug-likeness (QED) is 0.0461. The highest BCUT2D eigenvalue weighted by Crippen LogP contribution is 2.62. The molecule has 0 radical (unpaired) electrons. The number of nitrogens with zero attached hydrogens (tertiary/aromatic N) is 2. The number of aldehydes is 1. The van der Waals surface area contributed by atoms with Crippen molar-refractivity contribution in [1.29, 1.82) is 0 Å². The molecule has 1 aromatic heterocycles. The molecule has 2 aromatic carbocycles. The molecule has 2 aliphatic carbocycles. The van der Waals surface area contributed by atoms with Crippen LogP contribution in [0.25, 0.3) is 0 Å². The topological polar surface area (TPSA) is 138 Å². The number of fused-ring (bicyclic) bond motifs is 2. The number of thioether (sulfide) groups is 1. The molecule has 0 spiro atoms. The fraction of sp³-hybridized carbons (Fsp3) is 0.511. The van der Waals surface area contributed by atoms with Crippen molar-refractivity contribution in [2.45, 2.75) is 93.9 Å². The Morgan fingerprint density at radius 3 is 2.56 bits per heavy atom. The lowest BCUT2D eigenvalue weighted by atomic mass is 9.56. The number of allylic oxidation sites excluding steroid dienone is 1. The highest BCUT2D eigenvalue weighted by molar-refractivity contribution is 8.00. The van der Waals surface area contributed by atoms with E-state index >= 15 is 0 Å². The van der Waals surface area contributed by atoms with E-state index in [1.165, 1.54) is 12.7 Å². The van der Waals surface area contributed by atoms with E-state index in [2.05, 4.69) is 35.8 Å². The number of carbonyl (C=O) groups is 1. The molecule has 11 nitrogen and oxygen atoms in total. The van der Waals surface area contributed by atoms with E-state index in [1.807, 2.05) is 36.3 Å². The second-order valence-electron chi connectivity index (χ2n) is 15.7. The lowest BCUT2D eigenvalue weighted by molar-refractivity contribution is -0.223. The van der Waals surface area contributed by atoms with E-state index < -0.39 is 12.1 Å². The fourth-order valence-electron chi connectivity index (χ4n) is 9.33. The number of aromatic nitrogens is 1. The van der Waals surface area contributed by atoms with E-state index in [9.17, 15) is 15.0 Å². The van der Waals surface area contributed by atoms with Crippen LogP contribution in [0.2, 0.25) is 0 Å².